The minimum Gasteiger partial charge on any atom is -0.301 e. The van der Waals surface area contributed by atoms with Gasteiger partial charge in [0.25, 0.3) is 0 Å². The van der Waals surface area contributed by atoms with E-state index in [-0.39, 0.29) is 10.0 Å². The fraction of sp³-hybridized carbons (Fsp3) is 0.231. The van der Waals surface area contributed by atoms with Crippen LogP contribution in [0.2, 0.25) is 0 Å². The SMILES string of the molecule is CCCc1nccn1-c1ccc(C#N)c(Br)c1F. The second-order valence-electron chi connectivity index (χ2n) is 3.84. The van der Waals surface area contributed by atoms with E-state index in [4.69, 9.17) is 5.26 Å². The molecule has 0 amide bonds. The van der Waals surface area contributed by atoms with Crippen molar-refractivity contribution in [3.8, 4) is 11.8 Å². The van der Waals surface area contributed by atoms with Crippen LogP contribution in [0.5, 0.6) is 0 Å². The van der Waals surface area contributed by atoms with Crippen molar-refractivity contribution in [1.82, 2.24) is 9.55 Å². The van der Waals surface area contributed by atoms with E-state index in [1.807, 2.05) is 13.0 Å². The van der Waals surface area contributed by atoms with Crippen LogP contribution in [0, 0.1) is 17.1 Å². The van der Waals surface area contributed by atoms with E-state index in [0.29, 0.717) is 5.69 Å². The Morgan fingerprint density at radius 2 is 2.28 bits per heavy atom. The number of nitrogens with zero attached hydrogens (tertiary/aromatic N) is 3. The molecule has 0 aliphatic carbocycles. The van der Waals surface area contributed by atoms with E-state index in [1.54, 1.807) is 29.1 Å². The van der Waals surface area contributed by atoms with Crippen LogP contribution in [-0.2, 0) is 6.42 Å². The van der Waals surface area contributed by atoms with E-state index < -0.39 is 5.82 Å². The van der Waals surface area contributed by atoms with Crippen LogP contribution < -0.4 is 0 Å². The largest absolute Gasteiger partial charge is 0.301 e. The standard InChI is InChI=1S/C13H11BrFN3/c1-2-3-11-17-6-7-18(11)10-5-4-9(8-16)12(14)13(10)15/h4-7H,2-3H2,1H3. The lowest BCUT2D eigenvalue weighted by molar-refractivity contribution is 0.607. The first-order valence-corrected chi connectivity index (χ1v) is 6.39. The third-order valence-corrected chi connectivity index (χ3v) is 3.41. The monoisotopic (exact) mass is 307 g/mol. The van der Waals surface area contributed by atoms with Crippen molar-refractivity contribution in [3.05, 3.63) is 46.2 Å². The first-order chi connectivity index (χ1) is 8.69. The van der Waals surface area contributed by atoms with E-state index in [0.717, 1.165) is 18.7 Å². The third-order valence-electron chi connectivity index (χ3n) is 2.63. The second-order valence-corrected chi connectivity index (χ2v) is 4.63. The zero-order valence-electron chi connectivity index (χ0n) is 9.82. The lowest BCUT2D eigenvalue weighted by atomic mass is 10.2. The molecule has 0 atom stereocenters. The molecule has 2 rings (SSSR count). The molecule has 0 N–H and O–H groups in total. The zero-order chi connectivity index (χ0) is 13.1. The topological polar surface area (TPSA) is 41.6 Å². The molecule has 0 saturated carbocycles. The minimum absolute atomic E-state index is 0.193. The van der Waals surface area contributed by atoms with Crippen LogP contribution >= 0.6 is 15.9 Å². The van der Waals surface area contributed by atoms with Gasteiger partial charge >= 0.3 is 0 Å². The summed E-state index contributed by atoms with van der Waals surface area (Å²) in [4.78, 5) is 4.21. The van der Waals surface area contributed by atoms with Gasteiger partial charge in [-0.2, -0.15) is 5.26 Å². The van der Waals surface area contributed by atoms with Crippen molar-refractivity contribution in [2.75, 3.05) is 0 Å². The van der Waals surface area contributed by atoms with Gasteiger partial charge in [-0.05, 0) is 34.5 Å². The second kappa shape index (κ2) is 5.32. The summed E-state index contributed by atoms with van der Waals surface area (Å²) in [6, 6.07) is 5.13. The number of aryl methyl sites for hydroxylation is 1. The van der Waals surface area contributed by atoms with Crippen LogP contribution in [0.1, 0.15) is 24.7 Å². The summed E-state index contributed by atoms with van der Waals surface area (Å²) in [5.74, 6) is 0.373. The molecule has 1 aromatic carbocycles. The van der Waals surface area contributed by atoms with Gasteiger partial charge in [-0.15, -0.1) is 0 Å². The molecule has 0 fully saturated rings. The summed E-state index contributed by atoms with van der Waals surface area (Å²) >= 11 is 3.11. The van der Waals surface area contributed by atoms with Crippen LogP contribution in [0.3, 0.4) is 0 Å². The highest BCUT2D eigenvalue weighted by Crippen LogP contribution is 2.26. The molecular formula is C13H11BrFN3. The third kappa shape index (κ3) is 2.16. The first-order valence-electron chi connectivity index (χ1n) is 5.59. The quantitative estimate of drug-likeness (QED) is 0.869. The summed E-state index contributed by atoms with van der Waals surface area (Å²) in [5.41, 5.74) is 0.690. The normalized spacial score (nSPS) is 10.3. The number of hydrogen-bond donors (Lipinski definition) is 0. The lowest BCUT2D eigenvalue weighted by Gasteiger charge is -2.10. The van der Waals surface area contributed by atoms with Gasteiger partial charge in [0.2, 0.25) is 0 Å². The maximum absolute atomic E-state index is 14.2. The van der Waals surface area contributed by atoms with Crippen molar-refractivity contribution in [2.45, 2.75) is 19.8 Å². The van der Waals surface area contributed by atoms with Gasteiger partial charge in [-0.3, -0.25) is 0 Å². The molecule has 0 aliphatic rings. The number of nitriles is 1. The van der Waals surface area contributed by atoms with Gasteiger partial charge in [0, 0.05) is 18.8 Å². The van der Waals surface area contributed by atoms with Crippen molar-refractivity contribution < 1.29 is 4.39 Å². The molecule has 18 heavy (non-hydrogen) atoms. The van der Waals surface area contributed by atoms with Crippen molar-refractivity contribution in [3.63, 3.8) is 0 Å². The molecule has 0 aliphatic heterocycles. The van der Waals surface area contributed by atoms with Gasteiger partial charge in [-0.25, -0.2) is 9.37 Å². The molecule has 2 aromatic rings. The predicted octanol–water partition coefficient (Wildman–Crippen LogP) is 3.60. The molecule has 0 bridgehead atoms. The Labute approximate surface area is 113 Å². The van der Waals surface area contributed by atoms with Crippen molar-refractivity contribution >= 4 is 15.9 Å². The van der Waals surface area contributed by atoms with Gasteiger partial charge < -0.3 is 4.57 Å². The first kappa shape index (κ1) is 12.8. The van der Waals surface area contributed by atoms with Gasteiger partial charge in [-0.1, -0.05) is 6.92 Å². The molecule has 0 radical (unpaired) electrons. The predicted molar refractivity (Wildman–Crippen MR) is 69.9 cm³/mol. The maximum Gasteiger partial charge on any atom is 0.162 e. The summed E-state index contributed by atoms with van der Waals surface area (Å²) in [6.07, 6.45) is 5.10. The van der Waals surface area contributed by atoms with Crippen molar-refractivity contribution in [2.24, 2.45) is 0 Å². The van der Waals surface area contributed by atoms with Gasteiger partial charge in [0.1, 0.15) is 11.9 Å². The molecule has 3 nitrogen and oxygen atoms in total. The number of benzene rings is 1. The highest BCUT2D eigenvalue weighted by Gasteiger charge is 2.14. The fourth-order valence-electron chi connectivity index (χ4n) is 1.77. The summed E-state index contributed by atoms with van der Waals surface area (Å²) < 4.78 is 16.1. The molecule has 0 saturated heterocycles. The average Bonchev–Trinajstić information content (AvgIpc) is 2.81. The smallest absolute Gasteiger partial charge is 0.162 e. The van der Waals surface area contributed by atoms with E-state index in [1.165, 1.54) is 0 Å². The Bertz CT molecular complexity index is 613. The highest BCUT2D eigenvalue weighted by molar-refractivity contribution is 9.10. The molecule has 5 heteroatoms. The van der Waals surface area contributed by atoms with Gasteiger partial charge in [0.15, 0.2) is 5.82 Å². The summed E-state index contributed by atoms with van der Waals surface area (Å²) in [5, 5.41) is 8.84. The number of aromatic nitrogens is 2. The number of hydrogen-bond acceptors (Lipinski definition) is 2. The Morgan fingerprint density at radius 1 is 1.50 bits per heavy atom. The van der Waals surface area contributed by atoms with E-state index in [2.05, 4.69) is 20.9 Å². The molecule has 0 unspecified atom stereocenters. The van der Waals surface area contributed by atoms with Gasteiger partial charge in [0.05, 0.1) is 15.7 Å². The molecule has 1 aromatic heterocycles. The Hall–Kier alpha value is -1.67. The summed E-state index contributed by atoms with van der Waals surface area (Å²) in [6.45, 7) is 2.05. The minimum atomic E-state index is -0.440. The number of halogens is 2. The van der Waals surface area contributed by atoms with Crippen molar-refractivity contribution in [1.29, 1.82) is 5.26 Å². The number of rotatable bonds is 3. The molecule has 92 valence electrons. The molecule has 0 spiro atoms. The summed E-state index contributed by atoms with van der Waals surface area (Å²) in [7, 11) is 0. The van der Waals surface area contributed by atoms with Crippen LogP contribution in [0.4, 0.5) is 4.39 Å². The Kier molecular flexibility index (Phi) is 3.78. The number of imidazole rings is 1. The molecule has 1 heterocycles. The maximum atomic E-state index is 14.2. The van der Waals surface area contributed by atoms with Crippen LogP contribution in [0.25, 0.3) is 5.69 Å². The van der Waals surface area contributed by atoms with E-state index >= 15 is 0 Å². The Morgan fingerprint density at radius 3 is 2.94 bits per heavy atom. The average molecular weight is 308 g/mol. The van der Waals surface area contributed by atoms with Crippen LogP contribution in [0.15, 0.2) is 29.0 Å². The Balaban J connectivity index is 2.55. The molecular weight excluding hydrogens is 297 g/mol. The fourth-order valence-corrected chi connectivity index (χ4v) is 2.20. The van der Waals surface area contributed by atoms with Crippen LogP contribution in [-0.4, -0.2) is 9.55 Å². The zero-order valence-corrected chi connectivity index (χ0v) is 11.4. The van der Waals surface area contributed by atoms with E-state index in [9.17, 15) is 4.39 Å². The highest BCUT2D eigenvalue weighted by atomic mass is 79.9. The lowest BCUT2D eigenvalue weighted by Crippen LogP contribution is -2.03.